The van der Waals surface area contributed by atoms with E-state index in [0.29, 0.717) is 22.9 Å². The van der Waals surface area contributed by atoms with Crippen molar-refractivity contribution >= 4 is 28.5 Å². The zero-order valence-corrected chi connectivity index (χ0v) is 14.0. The van der Waals surface area contributed by atoms with Crippen molar-refractivity contribution in [1.29, 1.82) is 0 Å². The molecule has 4 rings (SSSR count). The molecule has 126 valence electrons. The molecule has 0 N–H and O–H groups in total. The molecule has 1 aromatic heterocycles. The Morgan fingerprint density at radius 2 is 2.08 bits per heavy atom. The van der Waals surface area contributed by atoms with Gasteiger partial charge in [-0.3, -0.25) is 0 Å². The zero-order chi connectivity index (χ0) is 17.2. The highest BCUT2D eigenvalue weighted by atomic mass is 35.5. The number of carbonyl (C=O) groups is 1. The Balaban J connectivity index is 1.54. The number of pyridine rings is 1. The maximum absolute atomic E-state index is 12.3. The number of rotatable bonds is 3. The van der Waals surface area contributed by atoms with Gasteiger partial charge in [0.15, 0.2) is 6.79 Å². The van der Waals surface area contributed by atoms with Gasteiger partial charge in [0.05, 0.1) is 12.1 Å². The van der Waals surface area contributed by atoms with Crippen LogP contribution < -0.4 is 4.74 Å². The molecule has 0 radical (unpaired) electrons. The summed E-state index contributed by atoms with van der Waals surface area (Å²) in [4.78, 5) is 16.7. The molecule has 5 nitrogen and oxygen atoms in total. The molecule has 0 saturated carbocycles. The van der Waals surface area contributed by atoms with Gasteiger partial charge in [-0.1, -0.05) is 35.9 Å². The Morgan fingerprint density at radius 3 is 3.00 bits per heavy atom. The number of esters is 1. The number of benzene rings is 2. The molecule has 0 spiro atoms. The minimum absolute atomic E-state index is 0.0518. The SMILES string of the molecule is O=C(OCc1cc(Cl)cc2c1OCOC2)c1ccc2ccccc2n1. The van der Waals surface area contributed by atoms with Crippen LogP contribution in [0.15, 0.2) is 48.5 Å². The Kier molecular flexibility index (Phi) is 4.26. The van der Waals surface area contributed by atoms with Crippen molar-refractivity contribution in [2.24, 2.45) is 0 Å². The molecule has 1 aliphatic heterocycles. The predicted octanol–water partition coefficient (Wildman–Crippen LogP) is 4.11. The maximum atomic E-state index is 12.3. The number of hydrogen-bond donors (Lipinski definition) is 0. The minimum Gasteiger partial charge on any atom is -0.467 e. The number of aromatic nitrogens is 1. The van der Waals surface area contributed by atoms with E-state index in [2.05, 4.69) is 4.98 Å². The van der Waals surface area contributed by atoms with Crippen molar-refractivity contribution in [3.63, 3.8) is 0 Å². The number of para-hydroxylation sites is 1. The van der Waals surface area contributed by atoms with E-state index in [9.17, 15) is 4.79 Å². The average molecular weight is 356 g/mol. The molecule has 25 heavy (non-hydrogen) atoms. The first-order valence-electron chi connectivity index (χ1n) is 7.75. The van der Waals surface area contributed by atoms with Gasteiger partial charge in [-0.2, -0.15) is 0 Å². The fraction of sp³-hybridized carbons (Fsp3) is 0.158. The zero-order valence-electron chi connectivity index (χ0n) is 13.2. The lowest BCUT2D eigenvalue weighted by Crippen LogP contribution is -2.14. The van der Waals surface area contributed by atoms with Crippen LogP contribution in [-0.4, -0.2) is 17.7 Å². The highest BCUT2D eigenvalue weighted by Gasteiger charge is 2.18. The van der Waals surface area contributed by atoms with Gasteiger partial charge >= 0.3 is 5.97 Å². The van der Waals surface area contributed by atoms with Gasteiger partial charge in [-0.15, -0.1) is 0 Å². The smallest absolute Gasteiger partial charge is 0.357 e. The molecule has 3 aromatic rings. The third-order valence-corrected chi connectivity index (χ3v) is 4.14. The van der Waals surface area contributed by atoms with Crippen LogP contribution in [0.1, 0.15) is 21.6 Å². The first-order chi connectivity index (χ1) is 12.2. The summed E-state index contributed by atoms with van der Waals surface area (Å²) in [7, 11) is 0. The predicted molar refractivity (Wildman–Crippen MR) is 92.6 cm³/mol. The van der Waals surface area contributed by atoms with Gasteiger partial charge in [0.1, 0.15) is 18.1 Å². The summed E-state index contributed by atoms with van der Waals surface area (Å²) in [5.74, 6) is 0.168. The molecule has 0 bridgehead atoms. The molecule has 0 unspecified atom stereocenters. The number of fused-ring (bicyclic) bond motifs is 2. The van der Waals surface area contributed by atoms with Crippen molar-refractivity contribution in [3.8, 4) is 5.75 Å². The fourth-order valence-electron chi connectivity index (χ4n) is 2.76. The van der Waals surface area contributed by atoms with Crippen LogP contribution in [0.4, 0.5) is 0 Å². The quantitative estimate of drug-likeness (QED) is 0.662. The van der Waals surface area contributed by atoms with Crippen LogP contribution in [0.3, 0.4) is 0 Å². The molecular weight excluding hydrogens is 342 g/mol. The second-order valence-electron chi connectivity index (χ2n) is 5.63. The van der Waals surface area contributed by atoms with Gasteiger partial charge in [-0.25, -0.2) is 9.78 Å². The number of halogens is 1. The van der Waals surface area contributed by atoms with Gasteiger partial charge in [0, 0.05) is 21.5 Å². The third kappa shape index (κ3) is 3.29. The maximum Gasteiger partial charge on any atom is 0.357 e. The molecule has 2 aromatic carbocycles. The number of nitrogens with zero attached hydrogens (tertiary/aromatic N) is 1. The highest BCUT2D eigenvalue weighted by Crippen LogP contribution is 2.32. The second kappa shape index (κ2) is 6.70. The van der Waals surface area contributed by atoms with Gasteiger partial charge in [-0.05, 0) is 24.3 Å². The van der Waals surface area contributed by atoms with E-state index in [1.165, 1.54) is 0 Å². The lowest BCUT2D eigenvalue weighted by atomic mass is 10.1. The van der Waals surface area contributed by atoms with Crippen molar-refractivity contribution in [1.82, 2.24) is 4.98 Å². The molecule has 0 atom stereocenters. The molecule has 0 fully saturated rings. The van der Waals surface area contributed by atoms with E-state index >= 15 is 0 Å². The van der Waals surface area contributed by atoms with Gasteiger partial charge < -0.3 is 14.2 Å². The Bertz CT molecular complexity index is 957. The van der Waals surface area contributed by atoms with Crippen LogP contribution in [0.25, 0.3) is 10.9 Å². The largest absolute Gasteiger partial charge is 0.467 e. The Hall–Kier alpha value is -2.63. The lowest BCUT2D eigenvalue weighted by Gasteiger charge is -2.21. The molecule has 0 saturated heterocycles. The summed E-state index contributed by atoms with van der Waals surface area (Å²) in [5.41, 5.74) is 2.56. The van der Waals surface area contributed by atoms with Crippen LogP contribution >= 0.6 is 11.6 Å². The van der Waals surface area contributed by atoms with Crippen molar-refractivity contribution in [2.45, 2.75) is 13.2 Å². The summed E-state index contributed by atoms with van der Waals surface area (Å²) < 4.78 is 16.2. The number of ether oxygens (including phenoxy) is 3. The van der Waals surface area contributed by atoms with Gasteiger partial charge in [0.25, 0.3) is 0 Å². The summed E-state index contributed by atoms with van der Waals surface area (Å²) >= 11 is 6.12. The van der Waals surface area contributed by atoms with Crippen LogP contribution in [0.2, 0.25) is 5.02 Å². The number of hydrogen-bond acceptors (Lipinski definition) is 5. The molecular formula is C19H14ClNO4. The summed E-state index contributed by atoms with van der Waals surface area (Å²) in [6.07, 6.45) is 0. The van der Waals surface area contributed by atoms with Crippen LogP contribution in [0, 0.1) is 0 Å². The summed E-state index contributed by atoms with van der Waals surface area (Å²) in [6, 6.07) is 14.6. The monoisotopic (exact) mass is 355 g/mol. The van der Waals surface area contributed by atoms with Crippen molar-refractivity contribution < 1.29 is 19.0 Å². The van der Waals surface area contributed by atoms with E-state index in [1.807, 2.05) is 30.3 Å². The van der Waals surface area contributed by atoms with E-state index in [-0.39, 0.29) is 19.1 Å². The van der Waals surface area contributed by atoms with E-state index < -0.39 is 5.97 Å². The normalized spacial score (nSPS) is 13.2. The Morgan fingerprint density at radius 1 is 1.20 bits per heavy atom. The van der Waals surface area contributed by atoms with E-state index in [1.54, 1.807) is 18.2 Å². The molecule has 0 aliphatic carbocycles. The average Bonchev–Trinajstić information content (AvgIpc) is 2.65. The minimum atomic E-state index is -0.494. The lowest BCUT2D eigenvalue weighted by molar-refractivity contribution is -0.0180. The van der Waals surface area contributed by atoms with Crippen molar-refractivity contribution in [2.75, 3.05) is 6.79 Å². The second-order valence-corrected chi connectivity index (χ2v) is 6.07. The summed E-state index contributed by atoms with van der Waals surface area (Å²) in [6.45, 7) is 0.640. The van der Waals surface area contributed by atoms with Crippen molar-refractivity contribution in [3.05, 3.63) is 70.4 Å². The van der Waals surface area contributed by atoms with Gasteiger partial charge in [0.2, 0.25) is 0 Å². The van der Waals surface area contributed by atoms with Crippen LogP contribution in [0.5, 0.6) is 5.75 Å². The first-order valence-corrected chi connectivity index (χ1v) is 8.13. The highest BCUT2D eigenvalue weighted by molar-refractivity contribution is 6.30. The molecule has 6 heteroatoms. The first kappa shape index (κ1) is 15.9. The molecule has 2 heterocycles. The summed E-state index contributed by atoms with van der Waals surface area (Å²) in [5, 5.41) is 1.51. The van der Waals surface area contributed by atoms with E-state index in [4.69, 9.17) is 25.8 Å². The Labute approximate surface area is 149 Å². The fourth-order valence-corrected chi connectivity index (χ4v) is 3.02. The standard InChI is InChI=1S/C19H14ClNO4/c20-15-7-13-9-23-11-25-18(13)14(8-15)10-24-19(22)17-6-5-12-3-1-2-4-16(12)21-17/h1-8H,9-11H2. The topological polar surface area (TPSA) is 57.7 Å². The molecule has 1 aliphatic rings. The third-order valence-electron chi connectivity index (χ3n) is 3.92. The van der Waals surface area contributed by atoms with Crippen LogP contribution in [-0.2, 0) is 22.7 Å². The molecule has 0 amide bonds. The number of carbonyl (C=O) groups excluding carboxylic acids is 1. The van der Waals surface area contributed by atoms with E-state index in [0.717, 1.165) is 16.5 Å².